The number of hydrogen-bond donors (Lipinski definition) is 4. The van der Waals surface area contributed by atoms with Crippen molar-refractivity contribution in [3.63, 3.8) is 0 Å². The van der Waals surface area contributed by atoms with Crippen LogP contribution in [-0.4, -0.2) is 46.9 Å². The fourth-order valence-corrected chi connectivity index (χ4v) is 6.02. The number of ether oxygens (including phenoxy) is 2. The third-order valence-electron chi connectivity index (χ3n) is 7.01. The van der Waals surface area contributed by atoms with Gasteiger partial charge in [0.1, 0.15) is 22.3 Å². The standard InChI is InChI=1S/C27H34N6O3S/c1-15(18-10-20(35-3)12-21(11-18)36-4)29-27-30-16(2)24(26-32-22-13-28-8-7-23(22)37-26)25(33-27)31-19-6-5-17(9-19)14-34/h7-8,10-12,15,17,19,28,34H,5-6,9,13-14H2,1-4H3,(H2,29,30,31,33)/t15-,17-,19+/m1/s1. The number of nitrogens with zero attached hydrogens (tertiary/aromatic N) is 3. The molecule has 1 saturated carbocycles. The van der Waals surface area contributed by atoms with Gasteiger partial charge in [-0.25, -0.2) is 9.97 Å². The van der Waals surface area contributed by atoms with Gasteiger partial charge < -0.3 is 30.5 Å². The second-order valence-electron chi connectivity index (χ2n) is 9.62. The molecular weight excluding hydrogens is 488 g/mol. The zero-order chi connectivity index (χ0) is 25.9. The number of fused-ring (bicyclic) bond motifs is 1. The number of rotatable bonds is 9. The normalized spacial score (nSPS) is 19.2. The quantitative estimate of drug-likeness (QED) is 0.316. The minimum absolute atomic E-state index is 0.0873. The number of aliphatic hydroxyl groups is 1. The van der Waals surface area contributed by atoms with Crippen LogP contribution in [0, 0.1) is 12.8 Å². The Labute approximate surface area is 221 Å². The van der Waals surface area contributed by atoms with Crippen LogP contribution >= 0.6 is 11.3 Å². The lowest BCUT2D eigenvalue weighted by molar-refractivity contribution is 0.229. The monoisotopic (exact) mass is 522 g/mol. The summed E-state index contributed by atoms with van der Waals surface area (Å²) in [7, 11) is 3.29. The average molecular weight is 523 g/mol. The van der Waals surface area contributed by atoms with Gasteiger partial charge in [-0.2, -0.15) is 4.98 Å². The number of benzene rings is 1. The van der Waals surface area contributed by atoms with Gasteiger partial charge in [0, 0.05) is 18.7 Å². The van der Waals surface area contributed by atoms with E-state index in [0.717, 1.165) is 69.0 Å². The number of aliphatic hydroxyl groups excluding tert-OH is 1. The molecule has 1 fully saturated rings. The number of anilines is 2. The van der Waals surface area contributed by atoms with Gasteiger partial charge in [0.15, 0.2) is 0 Å². The first-order chi connectivity index (χ1) is 18.0. The molecular formula is C27H34N6O3S. The molecule has 1 aromatic carbocycles. The fraction of sp³-hybridized carbons (Fsp3) is 0.444. The molecule has 0 spiro atoms. The van der Waals surface area contributed by atoms with Crippen molar-refractivity contribution < 1.29 is 14.6 Å². The second kappa shape index (κ2) is 10.9. The van der Waals surface area contributed by atoms with Gasteiger partial charge in [-0.1, -0.05) is 0 Å². The van der Waals surface area contributed by atoms with Crippen molar-refractivity contribution in [2.75, 3.05) is 31.5 Å². The summed E-state index contributed by atoms with van der Waals surface area (Å²) < 4.78 is 10.9. The molecule has 0 saturated heterocycles. The number of methoxy groups -OCH3 is 2. The third kappa shape index (κ3) is 5.50. The largest absolute Gasteiger partial charge is 0.497 e. The van der Waals surface area contributed by atoms with E-state index in [9.17, 15) is 5.11 Å². The Kier molecular flexibility index (Phi) is 7.48. The Morgan fingerprint density at radius 1 is 1.14 bits per heavy atom. The molecule has 0 unspecified atom stereocenters. The molecule has 2 aliphatic rings. The summed E-state index contributed by atoms with van der Waals surface area (Å²) in [5.41, 5.74) is 3.83. The van der Waals surface area contributed by atoms with Crippen molar-refractivity contribution in [3.8, 4) is 22.1 Å². The Balaban J connectivity index is 1.48. The number of thiazole rings is 1. The van der Waals surface area contributed by atoms with E-state index in [-0.39, 0.29) is 18.7 Å². The molecule has 9 nitrogen and oxygen atoms in total. The van der Waals surface area contributed by atoms with Crippen LogP contribution in [-0.2, 0) is 6.54 Å². The Morgan fingerprint density at radius 2 is 1.92 bits per heavy atom. The lowest BCUT2D eigenvalue weighted by Crippen LogP contribution is -2.20. The third-order valence-corrected chi connectivity index (χ3v) is 8.09. The molecule has 2 aromatic heterocycles. The maximum atomic E-state index is 9.64. The minimum Gasteiger partial charge on any atom is -0.497 e. The van der Waals surface area contributed by atoms with E-state index in [0.29, 0.717) is 18.4 Å². The first kappa shape index (κ1) is 25.3. The number of aromatic nitrogens is 3. The average Bonchev–Trinajstić information content (AvgIpc) is 3.54. The molecule has 3 aromatic rings. The molecule has 10 heteroatoms. The summed E-state index contributed by atoms with van der Waals surface area (Å²) in [6.07, 6.45) is 6.95. The summed E-state index contributed by atoms with van der Waals surface area (Å²) in [5.74, 6) is 3.10. The molecule has 0 radical (unpaired) electrons. The highest BCUT2D eigenvalue weighted by atomic mass is 32.1. The highest BCUT2D eigenvalue weighted by Gasteiger charge is 2.27. The highest BCUT2D eigenvalue weighted by Crippen LogP contribution is 2.38. The Bertz CT molecular complexity index is 1270. The van der Waals surface area contributed by atoms with E-state index in [1.54, 1.807) is 25.6 Å². The van der Waals surface area contributed by atoms with Gasteiger partial charge >= 0.3 is 0 Å². The highest BCUT2D eigenvalue weighted by molar-refractivity contribution is 7.16. The summed E-state index contributed by atoms with van der Waals surface area (Å²) in [6.45, 7) is 5.00. The molecule has 196 valence electrons. The minimum atomic E-state index is -0.0873. The number of nitrogens with one attached hydrogen (secondary N) is 3. The van der Waals surface area contributed by atoms with Gasteiger partial charge in [0.25, 0.3) is 0 Å². The maximum Gasteiger partial charge on any atom is 0.225 e. The summed E-state index contributed by atoms with van der Waals surface area (Å²) in [4.78, 5) is 15.9. The number of hydrogen-bond acceptors (Lipinski definition) is 10. The molecule has 5 rings (SSSR count). The van der Waals surface area contributed by atoms with Crippen molar-refractivity contribution in [1.29, 1.82) is 0 Å². The molecule has 37 heavy (non-hydrogen) atoms. The van der Waals surface area contributed by atoms with Crippen LogP contribution in [0.5, 0.6) is 11.5 Å². The van der Waals surface area contributed by atoms with E-state index in [1.807, 2.05) is 31.3 Å². The van der Waals surface area contributed by atoms with E-state index in [1.165, 1.54) is 0 Å². The summed E-state index contributed by atoms with van der Waals surface area (Å²) in [5, 5.41) is 20.9. The van der Waals surface area contributed by atoms with Gasteiger partial charge in [-0.05, 0) is 69.0 Å². The molecule has 3 atom stereocenters. The zero-order valence-electron chi connectivity index (χ0n) is 21.7. The van der Waals surface area contributed by atoms with Gasteiger partial charge in [0.05, 0.1) is 48.6 Å². The fourth-order valence-electron chi connectivity index (χ4n) is 4.94. The van der Waals surface area contributed by atoms with E-state index < -0.39 is 0 Å². The smallest absolute Gasteiger partial charge is 0.225 e. The number of aryl methyl sites for hydroxylation is 1. The van der Waals surface area contributed by atoms with Gasteiger partial charge in [-0.3, -0.25) is 0 Å². The zero-order valence-corrected chi connectivity index (χ0v) is 22.5. The van der Waals surface area contributed by atoms with E-state index in [4.69, 9.17) is 24.4 Å². The lowest BCUT2D eigenvalue weighted by Gasteiger charge is -2.20. The van der Waals surface area contributed by atoms with Crippen LogP contribution in [0.2, 0.25) is 0 Å². The van der Waals surface area contributed by atoms with Crippen LogP contribution in [0.15, 0.2) is 24.4 Å². The van der Waals surface area contributed by atoms with Crippen LogP contribution in [0.25, 0.3) is 16.6 Å². The van der Waals surface area contributed by atoms with Gasteiger partial charge in [0.2, 0.25) is 5.95 Å². The molecule has 0 amide bonds. The summed E-state index contributed by atoms with van der Waals surface area (Å²) in [6, 6.07) is 5.98. The van der Waals surface area contributed by atoms with Gasteiger partial charge in [-0.15, -0.1) is 11.3 Å². The molecule has 1 aliphatic carbocycles. The first-order valence-electron chi connectivity index (χ1n) is 12.6. The maximum absolute atomic E-state index is 9.64. The van der Waals surface area contributed by atoms with Crippen LogP contribution < -0.4 is 25.4 Å². The second-order valence-corrected chi connectivity index (χ2v) is 10.6. The SMILES string of the molecule is COc1cc(OC)cc([C@@H](C)Nc2nc(C)c(-c3nc4c(s3)C=CNC4)c(N[C@H]3CC[C@@H](CO)C3)n2)c1. The van der Waals surface area contributed by atoms with Crippen molar-refractivity contribution >= 4 is 29.2 Å². The van der Waals surface area contributed by atoms with Crippen molar-refractivity contribution in [1.82, 2.24) is 20.3 Å². The van der Waals surface area contributed by atoms with Crippen molar-refractivity contribution in [2.24, 2.45) is 5.92 Å². The molecule has 0 bridgehead atoms. The Hall–Kier alpha value is -3.37. The topological polar surface area (TPSA) is 113 Å². The molecule has 4 N–H and O–H groups in total. The van der Waals surface area contributed by atoms with Crippen LogP contribution in [0.1, 0.15) is 54.1 Å². The van der Waals surface area contributed by atoms with Crippen molar-refractivity contribution in [2.45, 2.75) is 51.7 Å². The lowest BCUT2D eigenvalue weighted by atomic mass is 10.1. The first-order valence-corrected chi connectivity index (χ1v) is 13.4. The molecule has 1 aliphatic heterocycles. The van der Waals surface area contributed by atoms with E-state index >= 15 is 0 Å². The molecule has 3 heterocycles. The predicted octanol–water partition coefficient (Wildman–Crippen LogP) is 4.75. The van der Waals surface area contributed by atoms with E-state index in [2.05, 4.69) is 29.0 Å². The predicted molar refractivity (Wildman–Crippen MR) is 147 cm³/mol. The van der Waals surface area contributed by atoms with Crippen LogP contribution in [0.4, 0.5) is 11.8 Å². The summed E-state index contributed by atoms with van der Waals surface area (Å²) >= 11 is 1.66. The van der Waals surface area contributed by atoms with Crippen LogP contribution in [0.3, 0.4) is 0 Å². The Morgan fingerprint density at radius 3 is 2.59 bits per heavy atom. The van der Waals surface area contributed by atoms with Crippen molar-refractivity contribution in [3.05, 3.63) is 46.2 Å².